The highest BCUT2D eigenvalue weighted by atomic mass is 28.4. The molecule has 3 aromatic rings. The van der Waals surface area contributed by atoms with Crippen LogP contribution in [0, 0.1) is 5.41 Å². The molecule has 10 heteroatoms. The summed E-state index contributed by atoms with van der Waals surface area (Å²) in [4.78, 5) is 37.9. The summed E-state index contributed by atoms with van der Waals surface area (Å²) in [6.07, 6.45) is -1.41. The number of β-amino-alcohol motifs (C(OH)–C–C–N with tert-alkyl or cyclic N) is 1. The van der Waals surface area contributed by atoms with E-state index in [1.165, 1.54) is 4.90 Å². The average Bonchev–Trinajstić information content (AvgIpc) is 3.10. The Balaban J connectivity index is 1.64. The van der Waals surface area contributed by atoms with Crippen LogP contribution in [0.5, 0.6) is 0 Å². The molecule has 44 heavy (non-hydrogen) atoms. The van der Waals surface area contributed by atoms with E-state index in [9.17, 15) is 14.7 Å². The van der Waals surface area contributed by atoms with Crippen molar-refractivity contribution in [2.45, 2.75) is 71.6 Å². The van der Waals surface area contributed by atoms with Crippen LogP contribution in [0.15, 0.2) is 84.0 Å². The number of aliphatic hydroxyl groups excluding tert-OH is 1. The maximum Gasteiger partial charge on any atom is 0.409 e. The molecule has 1 aromatic heterocycles. The number of rotatable bonds is 10. The lowest BCUT2D eigenvalue weighted by atomic mass is 9.87. The molecule has 0 saturated heterocycles. The van der Waals surface area contributed by atoms with Gasteiger partial charge in [-0.1, -0.05) is 89.2 Å². The third-order valence-electron chi connectivity index (χ3n) is 8.45. The number of carbonyl (C=O) groups is 2. The number of fused-ring (bicyclic) bond motifs is 1. The second kappa shape index (κ2) is 13.4. The molecule has 1 aliphatic heterocycles. The Kier molecular flexibility index (Phi) is 10.1. The second-order valence-corrected chi connectivity index (χ2v) is 18.1. The van der Waals surface area contributed by atoms with Gasteiger partial charge >= 0.3 is 6.09 Å². The fourth-order valence-electron chi connectivity index (χ4n) is 4.39. The van der Waals surface area contributed by atoms with Gasteiger partial charge in [-0.25, -0.2) is 9.79 Å². The molecule has 0 aliphatic carbocycles. The summed E-state index contributed by atoms with van der Waals surface area (Å²) < 4.78 is 11.9. The van der Waals surface area contributed by atoms with E-state index in [2.05, 4.69) is 44.2 Å². The number of benzodiazepines with no additional fused rings is 1. The molecule has 0 radical (unpaired) electrons. The van der Waals surface area contributed by atoms with Gasteiger partial charge < -0.3 is 19.2 Å². The van der Waals surface area contributed by atoms with Crippen molar-refractivity contribution < 1.29 is 23.9 Å². The van der Waals surface area contributed by atoms with Crippen LogP contribution in [-0.4, -0.2) is 61.5 Å². The Morgan fingerprint density at radius 1 is 1.00 bits per heavy atom. The molecule has 2 heterocycles. The van der Waals surface area contributed by atoms with Gasteiger partial charge in [0, 0.05) is 23.8 Å². The maximum atomic E-state index is 14.2. The molecule has 2 atom stereocenters. The first-order valence-electron chi connectivity index (χ1n) is 14.9. The summed E-state index contributed by atoms with van der Waals surface area (Å²) in [6.45, 7) is 15.1. The van der Waals surface area contributed by atoms with Crippen LogP contribution in [0.2, 0.25) is 18.1 Å². The van der Waals surface area contributed by atoms with Gasteiger partial charge in [0.1, 0.15) is 6.61 Å². The summed E-state index contributed by atoms with van der Waals surface area (Å²) in [6, 6.07) is 22.1. The molecule has 4 rings (SSSR count). The fourth-order valence-corrected chi connectivity index (χ4v) is 5.56. The first-order valence-corrected chi connectivity index (χ1v) is 17.8. The number of aliphatic imine (C=N–C) groups is 1. The second-order valence-electron chi connectivity index (χ2n) is 13.3. The van der Waals surface area contributed by atoms with Crippen LogP contribution in [0.3, 0.4) is 0 Å². The summed E-state index contributed by atoms with van der Waals surface area (Å²) in [7, 11) is -2.08. The normalized spacial score (nSPS) is 16.5. The fraction of sp³-hybridized carbons (Fsp3) is 0.412. The summed E-state index contributed by atoms with van der Waals surface area (Å²) in [5.74, 6) is -0.500. The number of ether oxygens (including phenoxy) is 1. The van der Waals surface area contributed by atoms with Crippen LogP contribution < -0.4 is 10.2 Å². The van der Waals surface area contributed by atoms with Crippen molar-refractivity contribution in [2.75, 3.05) is 18.1 Å². The number of carbonyl (C=O) groups excluding carboxylic acids is 2. The molecule has 0 bridgehead atoms. The lowest BCUT2D eigenvalue weighted by Gasteiger charge is -2.41. The van der Waals surface area contributed by atoms with Gasteiger partial charge in [0.25, 0.3) is 5.91 Å². The first-order chi connectivity index (χ1) is 20.7. The molecular formula is C34H44N4O5Si. The number of aliphatic hydroxyl groups is 1. The van der Waals surface area contributed by atoms with Crippen molar-refractivity contribution in [3.8, 4) is 0 Å². The molecule has 0 spiro atoms. The topological polar surface area (TPSA) is 113 Å². The number of hydrogen-bond donors (Lipinski definition) is 2. The van der Waals surface area contributed by atoms with E-state index in [0.29, 0.717) is 29.3 Å². The molecule has 1 aliphatic rings. The molecular weight excluding hydrogens is 572 g/mol. The number of pyridine rings is 1. The number of alkyl carbamates (subject to hydrolysis) is 1. The third kappa shape index (κ3) is 7.80. The minimum absolute atomic E-state index is 0.0148. The number of nitrogens with zero attached hydrogens (tertiary/aromatic N) is 3. The van der Waals surface area contributed by atoms with Gasteiger partial charge in [-0.05, 0) is 41.9 Å². The van der Waals surface area contributed by atoms with Crippen molar-refractivity contribution in [1.82, 2.24) is 10.3 Å². The molecule has 2 N–H and O–H groups in total. The van der Waals surface area contributed by atoms with Crippen molar-refractivity contribution in [1.29, 1.82) is 0 Å². The molecule has 0 fully saturated rings. The van der Waals surface area contributed by atoms with Crippen molar-refractivity contribution in [3.63, 3.8) is 0 Å². The van der Waals surface area contributed by atoms with Gasteiger partial charge in [-0.15, -0.1) is 0 Å². The van der Waals surface area contributed by atoms with E-state index in [0.717, 1.165) is 5.56 Å². The first kappa shape index (κ1) is 33.0. The van der Waals surface area contributed by atoms with Gasteiger partial charge in [-0.2, -0.15) is 0 Å². The van der Waals surface area contributed by atoms with E-state index in [-0.39, 0.29) is 18.2 Å². The van der Waals surface area contributed by atoms with Gasteiger partial charge in [0.15, 0.2) is 8.32 Å². The molecule has 2 aromatic carbocycles. The van der Waals surface area contributed by atoms with E-state index < -0.39 is 38.0 Å². The van der Waals surface area contributed by atoms with Crippen LogP contribution in [0.25, 0.3) is 0 Å². The highest BCUT2D eigenvalue weighted by molar-refractivity contribution is 6.74. The standard InChI is InChI=1S/C34H44N4O5Si/c1-33(2,3)44(6,7)43-23-34(4,5)28(39)21-38-27-19-12-11-17-25(27)29(26-18-13-14-20-35-26)36-30(31(38)40)37-32(41)42-22-24-15-9-8-10-16-24/h8-20,28,30,39H,21-23H2,1-7H3,(H,37,41). The monoisotopic (exact) mass is 616 g/mol. The Bertz CT molecular complexity index is 1470. The van der Waals surface area contributed by atoms with Crippen molar-refractivity contribution >= 4 is 31.7 Å². The minimum atomic E-state index is -2.08. The number of anilines is 1. The van der Waals surface area contributed by atoms with E-state index >= 15 is 0 Å². The number of amides is 2. The number of benzene rings is 2. The zero-order chi connectivity index (χ0) is 32.1. The van der Waals surface area contributed by atoms with E-state index in [4.69, 9.17) is 14.2 Å². The predicted molar refractivity (Wildman–Crippen MR) is 175 cm³/mol. The Morgan fingerprint density at radius 3 is 2.32 bits per heavy atom. The Morgan fingerprint density at radius 2 is 1.66 bits per heavy atom. The van der Waals surface area contributed by atoms with Gasteiger partial charge in [0.2, 0.25) is 6.17 Å². The number of aromatic nitrogens is 1. The average molecular weight is 617 g/mol. The number of hydrogen-bond acceptors (Lipinski definition) is 7. The van der Waals surface area contributed by atoms with Crippen LogP contribution >= 0.6 is 0 Å². The lowest BCUT2D eigenvalue weighted by Crippen LogP contribution is -2.52. The summed E-state index contributed by atoms with van der Waals surface area (Å²) in [5, 5.41) is 14.3. The van der Waals surface area contributed by atoms with Crippen molar-refractivity contribution in [2.24, 2.45) is 10.4 Å². The summed E-state index contributed by atoms with van der Waals surface area (Å²) >= 11 is 0. The zero-order valence-electron chi connectivity index (χ0n) is 26.7. The molecule has 2 unspecified atom stereocenters. The SMILES string of the molecule is CC(C)(CO[Si](C)(C)C(C)(C)C)C(O)CN1C(=O)C(NC(=O)OCc2ccccc2)N=C(c2ccccn2)c2ccccc21. The lowest BCUT2D eigenvalue weighted by molar-refractivity contribution is -0.121. The Hall–Kier alpha value is -3.86. The van der Waals surface area contributed by atoms with Crippen LogP contribution in [0.1, 0.15) is 51.4 Å². The highest BCUT2D eigenvalue weighted by Gasteiger charge is 2.41. The van der Waals surface area contributed by atoms with Gasteiger partial charge in [0.05, 0.1) is 29.7 Å². The van der Waals surface area contributed by atoms with Crippen LogP contribution in [0.4, 0.5) is 10.5 Å². The maximum absolute atomic E-state index is 14.2. The van der Waals surface area contributed by atoms with Crippen molar-refractivity contribution in [3.05, 3.63) is 95.8 Å². The molecule has 2 amide bonds. The number of para-hydroxylation sites is 1. The zero-order valence-corrected chi connectivity index (χ0v) is 27.7. The highest BCUT2D eigenvalue weighted by Crippen LogP contribution is 2.38. The number of nitrogens with one attached hydrogen (secondary N) is 1. The van der Waals surface area contributed by atoms with Crippen LogP contribution in [-0.2, 0) is 20.6 Å². The smallest absolute Gasteiger partial charge is 0.409 e. The van der Waals surface area contributed by atoms with Gasteiger partial charge in [-0.3, -0.25) is 15.1 Å². The summed E-state index contributed by atoms with van der Waals surface area (Å²) in [5.41, 5.74) is 2.34. The quantitative estimate of drug-likeness (QED) is 0.273. The van der Waals surface area contributed by atoms with E-state index in [1.54, 1.807) is 18.3 Å². The molecule has 234 valence electrons. The minimum Gasteiger partial charge on any atom is -0.445 e. The molecule has 9 nitrogen and oxygen atoms in total. The predicted octanol–water partition coefficient (Wildman–Crippen LogP) is 5.93. The van der Waals surface area contributed by atoms with E-state index in [1.807, 2.05) is 74.5 Å². The third-order valence-corrected chi connectivity index (χ3v) is 12.9. The molecule has 0 saturated carbocycles. The Labute approximate surface area is 261 Å². The largest absolute Gasteiger partial charge is 0.445 e.